The van der Waals surface area contributed by atoms with Crippen LogP contribution >= 0.6 is 0 Å². The summed E-state index contributed by atoms with van der Waals surface area (Å²) in [7, 11) is 3.35. The Kier molecular flexibility index (Phi) is 4.59. The van der Waals surface area contributed by atoms with E-state index in [1.54, 1.807) is 14.2 Å². The van der Waals surface area contributed by atoms with Gasteiger partial charge in [0.05, 0.1) is 14.2 Å². The lowest BCUT2D eigenvalue weighted by Gasteiger charge is -2.18. The highest BCUT2D eigenvalue weighted by Gasteiger charge is 2.56. The van der Waals surface area contributed by atoms with E-state index in [1.165, 1.54) is 24.8 Å². The normalized spacial score (nSPS) is 30.8. The summed E-state index contributed by atoms with van der Waals surface area (Å²) in [6, 6.07) is 6.30. The van der Waals surface area contributed by atoms with E-state index in [2.05, 4.69) is 22.3 Å². The van der Waals surface area contributed by atoms with E-state index in [0.717, 1.165) is 37.6 Å². The SMILES string of the molecule is COc1cc(CN2CCC(NC(=O)C3C4CCCC43)C2)cc(OC)c1. The number of ether oxygens (including phenoxy) is 2. The first-order valence-electron chi connectivity index (χ1n) is 9.42. The van der Waals surface area contributed by atoms with Crippen LogP contribution < -0.4 is 14.8 Å². The van der Waals surface area contributed by atoms with Crippen LogP contribution in [0.5, 0.6) is 11.5 Å². The summed E-state index contributed by atoms with van der Waals surface area (Å²) < 4.78 is 10.7. The summed E-state index contributed by atoms with van der Waals surface area (Å²) >= 11 is 0. The monoisotopic (exact) mass is 344 g/mol. The van der Waals surface area contributed by atoms with Gasteiger partial charge in [0.2, 0.25) is 5.91 Å². The number of methoxy groups -OCH3 is 2. The highest BCUT2D eigenvalue weighted by Crippen LogP contribution is 2.57. The van der Waals surface area contributed by atoms with Gasteiger partial charge in [0.15, 0.2) is 0 Å². The highest BCUT2D eigenvalue weighted by molar-refractivity contribution is 5.82. The molecular weight excluding hydrogens is 316 g/mol. The number of benzene rings is 1. The number of hydrogen-bond acceptors (Lipinski definition) is 4. The Bertz CT molecular complexity index is 616. The van der Waals surface area contributed by atoms with E-state index in [4.69, 9.17) is 9.47 Å². The molecule has 3 aliphatic rings. The van der Waals surface area contributed by atoms with Crippen molar-refractivity contribution < 1.29 is 14.3 Å². The van der Waals surface area contributed by atoms with Gasteiger partial charge < -0.3 is 14.8 Å². The zero-order chi connectivity index (χ0) is 17.4. The van der Waals surface area contributed by atoms with Crippen molar-refractivity contribution in [3.05, 3.63) is 23.8 Å². The van der Waals surface area contributed by atoms with E-state index in [-0.39, 0.29) is 0 Å². The van der Waals surface area contributed by atoms with E-state index < -0.39 is 0 Å². The first-order chi connectivity index (χ1) is 12.2. The maximum Gasteiger partial charge on any atom is 0.223 e. The van der Waals surface area contributed by atoms with Crippen molar-refractivity contribution >= 4 is 5.91 Å². The van der Waals surface area contributed by atoms with Crippen molar-refractivity contribution in [3.63, 3.8) is 0 Å². The largest absolute Gasteiger partial charge is 0.497 e. The molecule has 2 aliphatic carbocycles. The van der Waals surface area contributed by atoms with E-state index in [1.807, 2.05) is 6.07 Å². The van der Waals surface area contributed by atoms with Crippen molar-refractivity contribution in [1.29, 1.82) is 0 Å². The fourth-order valence-corrected chi connectivity index (χ4v) is 4.82. The van der Waals surface area contributed by atoms with Gasteiger partial charge in [-0.2, -0.15) is 0 Å². The van der Waals surface area contributed by atoms with Crippen LogP contribution in [0.1, 0.15) is 31.2 Å². The molecule has 1 aromatic carbocycles. The second-order valence-electron chi connectivity index (χ2n) is 7.73. The predicted molar refractivity (Wildman–Crippen MR) is 95.7 cm³/mol. The first-order valence-corrected chi connectivity index (χ1v) is 9.42. The highest BCUT2D eigenvalue weighted by atomic mass is 16.5. The van der Waals surface area contributed by atoms with Crippen LogP contribution in [-0.4, -0.2) is 44.2 Å². The zero-order valence-electron chi connectivity index (χ0n) is 15.2. The number of nitrogens with zero attached hydrogens (tertiary/aromatic N) is 1. The minimum atomic E-state index is 0.293. The molecule has 25 heavy (non-hydrogen) atoms. The quantitative estimate of drug-likeness (QED) is 0.861. The smallest absolute Gasteiger partial charge is 0.223 e. The molecule has 1 amide bonds. The minimum absolute atomic E-state index is 0.293. The third-order valence-corrected chi connectivity index (χ3v) is 6.15. The second-order valence-corrected chi connectivity index (χ2v) is 7.73. The van der Waals surface area contributed by atoms with Crippen molar-refractivity contribution in [1.82, 2.24) is 10.2 Å². The molecule has 3 atom stereocenters. The summed E-state index contributed by atoms with van der Waals surface area (Å²) in [6.45, 7) is 2.80. The molecule has 0 bridgehead atoms. The Morgan fingerprint density at radius 1 is 1.12 bits per heavy atom. The van der Waals surface area contributed by atoms with Gasteiger partial charge >= 0.3 is 0 Å². The molecule has 5 nitrogen and oxygen atoms in total. The standard InChI is InChI=1S/C20H28N2O3/c1-24-15-8-13(9-16(10-15)25-2)11-22-7-6-14(12-22)21-20(23)19-17-4-3-5-18(17)19/h8-10,14,17-19H,3-7,11-12H2,1-2H3,(H,21,23). The van der Waals surface area contributed by atoms with Crippen LogP contribution in [0.25, 0.3) is 0 Å². The fraction of sp³-hybridized carbons (Fsp3) is 0.650. The predicted octanol–water partition coefficient (Wildman–Crippen LogP) is 2.44. The van der Waals surface area contributed by atoms with Gasteiger partial charge in [-0.05, 0) is 48.8 Å². The fourth-order valence-electron chi connectivity index (χ4n) is 4.82. The van der Waals surface area contributed by atoms with E-state index in [9.17, 15) is 4.79 Å². The lowest BCUT2D eigenvalue weighted by molar-refractivity contribution is -0.123. The Labute approximate surface area is 149 Å². The van der Waals surface area contributed by atoms with Crippen molar-refractivity contribution in [2.75, 3.05) is 27.3 Å². The molecule has 0 aromatic heterocycles. The van der Waals surface area contributed by atoms with E-state index in [0.29, 0.717) is 29.7 Å². The lowest BCUT2D eigenvalue weighted by atomic mass is 10.1. The van der Waals surface area contributed by atoms with Crippen molar-refractivity contribution in [2.24, 2.45) is 17.8 Å². The molecule has 1 aromatic rings. The molecule has 1 N–H and O–H groups in total. The third kappa shape index (κ3) is 3.47. The maximum absolute atomic E-state index is 12.4. The van der Waals surface area contributed by atoms with Gasteiger partial charge in [-0.25, -0.2) is 0 Å². The summed E-state index contributed by atoms with van der Waals surface area (Å²) in [4.78, 5) is 14.8. The summed E-state index contributed by atoms with van der Waals surface area (Å²) in [5.74, 6) is 3.66. The molecule has 1 aliphatic heterocycles. The number of amides is 1. The number of likely N-dealkylation sites (tertiary alicyclic amines) is 1. The summed E-state index contributed by atoms with van der Waals surface area (Å²) in [6.07, 6.45) is 4.88. The van der Waals surface area contributed by atoms with Crippen molar-refractivity contribution in [3.8, 4) is 11.5 Å². The lowest BCUT2D eigenvalue weighted by Crippen LogP contribution is -2.38. The van der Waals surface area contributed by atoms with E-state index >= 15 is 0 Å². The average molecular weight is 344 g/mol. The third-order valence-electron chi connectivity index (χ3n) is 6.15. The number of nitrogens with one attached hydrogen (secondary N) is 1. The second kappa shape index (κ2) is 6.87. The molecule has 2 saturated carbocycles. The zero-order valence-corrected chi connectivity index (χ0v) is 15.2. The van der Waals surface area contributed by atoms with Gasteiger partial charge in [0, 0.05) is 37.7 Å². The molecule has 3 unspecified atom stereocenters. The Morgan fingerprint density at radius 2 is 1.80 bits per heavy atom. The van der Waals surface area contributed by atoms with Gasteiger partial charge in [0.1, 0.15) is 11.5 Å². The van der Waals surface area contributed by atoms with Gasteiger partial charge in [-0.3, -0.25) is 9.69 Å². The van der Waals surface area contributed by atoms with Crippen LogP contribution in [-0.2, 0) is 11.3 Å². The molecule has 1 heterocycles. The van der Waals surface area contributed by atoms with Crippen LogP contribution in [0, 0.1) is 17.8 Å². The van der Waals surface area contributed by atoms with Crippen LogP contribution in [0.4, 0.5) is 0 Å². The van der Waals surface area contributed by atoms with Crippen molar-refractivity contribution in [2.45, 2.75) is 38.3 Å². The van der Waals surface area contributed by atoms with Gasteiger partial charge in [-0.15, -0.1) is 0 Å². The van der Waals surface area contributed by atoms with Crippen LogP contribution in [0.3, 0.4) is 0 Å². The molecule has 3 fully saturated rings. The maximum atomic E-state index is 12.4. The molecule has 0 spiro atoms. The summed E-state index contributed by atoms with van der Waals surface area (Å²) in [5.41, 5.74) is 1.18. The van der Waals surface area contributed by atoms with Gasteiger partial charge in [0.25, 0.3) is 0 Å². The number of carbonyl (C=O) groups excluding carboxylic acids is 1. The molecule has 136 valence electrons. The van der Waals surface area contributed by atoms with Crippen LogP contribution in [0.15, 0.2) is 18.2 Å². The molecule has 4 rings (SSSR count). The van der Waals surface area contributed by atoms with Gasteiger partial charge in [-0.1, -0.05) is 6.42 Å². The number of carbonyl (C=O) groups is 1. The minimum Gasteiger partial charge on any atom is -0.497 e. The topological polar surface area (TPSA) is 50.8 Å². The number of fused-ring (bicyclic) bond motifs is 1. The number of hydrogen-bond donors (Lipinski definition) is 1. The number of rotatable bonds is 6. The Morgan fingerprint density at radius 3 is 2.44 bits per heavy atom. The molecule has 0 radical (unpaired) electrons. The molecule has 5 heteroatoms. The van der Waals surface area contributed by atoms with Crippen LogP contribution in [0.2, 0.25) is 0 Å². The average Bonchev–Trinajstić information content (AvgIpc) is 2.95. The molecular formula is C20H28N2O3. The first kappa shape index (κ1) is 16.7. The molecule has 1 saturated heterocycles. The Hall–Kier alpha value is -1.75. The summed E-state index contributed by atoms with van der Waals surface area (Å²) in [5, 5.41) is 3.30. The Balaban J connectivity index is 1.30.